The normalized spacial score (nSPS) is 19.9. The van der Waals surface area contributed by atoms with Crippen molar-refractivity contribution in [3.8, 4) is 0 Å². The summed E-state index contributed by atoms with van der Waals surface area (Å²) in [5.74, 6) is 0. The molecule has 1 rings (SSSR count). The molecule has 23 heavy (non-hydrogen) atoms. The molecule has 2 N–H and O–H groups in total. The lowest BCUT2D eigenvalue weighted by atomic mass is 10.1. The number of rotatable bonds is 14. The highest BCUT2D eigenvalue weighted by Gasteiger charge is 2.22. The van der Waals surface area contributed by atoms with Crippen LogP contribution in [-0.2, 0) is 0 Å². The highest BCUT2D eigenvalue weighted by atomic mass is 15.3. The number of aliphatic imine (C=N–C) groups is 1. The van der Waals surface area contributed by atoms with E-state index in [-0.39, 0.29) is 6.17 Å². The van der Waals surface area contributed by atoms with Crippen LogP contribution in [0.1, 0.15) is 90.9 Å². The van der Waals surface area contributed by atoms with Gasteiger partial charge in [-0.2, -0.15) is 0 Å². The summed E-state index contributed by atoms with van der Waals surface area (Å²) in [6, 6.07) is 0. The molecule has 1 heterocycles. The molecular formula is C20H39N3. The van der Waals surface area contributed by atoms with E-state index in [0.29, 0.717) is 6.17 Å². The van der Waals surface area contributed by atoms with Crippen molar-refractivity contribution in [2.24, 2.45) is 10.7 Å². The second-order valence-electron chi connectivity index (χ2n) is 6.92. The van der Waals surface area contributed by atoms with Crippen LogP contribution >= 0.6 is 0 Å². The Morgan fingerprint density at radius 2 is 1.65 bits per heavy atom. The highest BCUT2D eigenvalue weighted by molar-refractivity contribution is 5.62. The monoisotopic (exact) mass is 321 g/mol. The standard InChI is InChI=1S/C20H39N3/c1-3-4-5-6-7-8-9-10-11-12-13-14-15-16-20-22-17-18-23(20)19(2)21/h8-9,17,19-20H,3-7,10-16,18,21H2,1-2H3/b9-8+. The molecule has 0 amide bonds. The molecule has 0 bridgehead atoms. The van der Waals surface area contributed by atoms with Gasteiger partial charge in [-0.25, -0.2) is 0 Å². The van der Waals surface area contributed by atoms with Crippen LogP contribution in [0.5, 0.6) is 0 Å². The van der Waals surface area contributed by atoms with E-state index in [1.807, 2.05) is 6.21 Å². The molecule has 0 fully saturated rings. The Hall–Kier alpha value is -0.670. The van der Waals surface area contributed by atoms with Gasteiger partial charge in [0.2, 0.25) is 0 Å². The largest absolute Gasteiger partial charge is 0.316 e. The van der Waals surface area contributed by atoms with Crippen LogP contribution in [0.4, 0.5) is 0 Å². The van der Waals surface area contributed by atoms with Gasteiger partial charge in [0.05, 0.1) is 6.17 Å². The van der Waals surface area contributed by atoms with Crippen LogP contribution in [0.3, 0.4) is 0 Å². The molecular weight excluding hydrogens is 282 g/mol. The van der Waals surface area contributed by atoms with E-state index in [2.05, 4.69) is 35.9 Å². The third-order valence-corrected chi connectivity index (χ3v) is 4.70. The molecule has 1 aliphatic rings. The first-order chi connectivity index (χ1) is 11.3. The topological polar surface area (TPSA) is 41.6 Å². The third kappa shape index (κ3) is 9.93. The van der Waals surface area contributed by atoms with Crippen molar-refractivity contribution < 1.29 is 0 Å². The van der Waals surface area contributed by atoms with Crippen LogP contribution in [0, 0.1) is 0 Å². The third-order valence-electron chi connectivity index (χ3n) is 4.70. The maximum atomic E-state index is 5.97. The smallest absolute Gasteiger partial charge is 0.103 e. The quantitative estimate of drug-likeness (QED) is 0.350. The molecule has 0 aromatic carbocycles. The summed E-state index contributed by atoms with van der Waals surface area (Å²) in [4.78, 5) is 6.83. The van der Waals surface area contributed by atoms with Gasteiger partial charge >= 0.3 is 0 Å². The van der Waals surface area contributed by atoms with Crippen LogP contribution in [-0.4, -0.2) is 30.0 Å². The molecule has 0 aromatic rings. The van der Waals surface area contributed by atoms with Gasteiger partial charge in [0.15, 0.2) is 0 Å². The van der Waals surface area contributed by atoms with Crippen molar-refractivity contribution >= 4 is 6.21 Å². The number of hydrogen-bond donors (Lipinski definition) is 1. The number of nitrogens with two attached hydrogens (primary N) is 1. The number of nitrogens with zero attached hydrogens (tertiary/aromatic N) is 2. The van der Waals surface area contributed by atoms with Gasteiger partial charge in [0, 0.05) is 12.8 Å². The van der Waals surface area contributed by atoms with Gasteiger partial charge in [-0.15, -0.1) is 0 Å². The lowest BCUT2D eigenvalue weighted by Crippen LogP contribution is -2.43. The average molecular weight is 322 g/mol. The van der Waals surface area contributed by atoms with E-state index in [1.54, 1.807) is 0 Å². The Morgan fingerprint density at radius 1 is 1.04 bits per heavy atom. The zero-order valence-corrected chi connectivity index (χ0v) is 15.6. The van der Waals surface area contributed by atoms with E-state index in [4.69, 9.17) is 5.73 Å². The highest BCUT2D eigenvalue weighted by Crippen LogP contribution is 2.17. The van der Waals surface area contributed by atoms with Gasteiger partial charge in [-0.3, -0.25) is 9.89 Å². The summed E-state index contributed by atoms with van der Waals surface area (Å²) >= 11 is 0. The van der Waals surface area contributed by atoms with E-state index in [1.165, 1.54) is 70.6 Å². The van der Waals surface area contributed by atoms with E-state index >= 15 is 0 Å². The second-order valence-corrected chi connectivity index (χ2v) is 6.92. The fraction of sp³-hybridized carbons (Fsp3) is 0.850. The fourth-order valence-electron chi connectivity index (χ4n) is 3.19. The van der Waals surface area contributed by atoms with Gasteiger partial charge in [0.1, 0.15) is 6.17 Å². The number of allylic oxidation sites excluding steroid dienone is 2. The molecule has 0 aliphatic carbocycles. The molecule has 0 saturated heterocycles. The van der Waals surface area contributed by atoms with Crippen LogP contribution in [0.2, 0.25) is 0 Å². The fourth-order valence-corrected chi connectivity index (χ4v) is 3.19. The van der Waals surface area contributed by atoms with Crippen molar-refractivity contribution in [3.05, 3.63) is 12.2 Å². The lowest BCUT2D eigenvalue weighted by Gasteiger charge is -2.26. The first-order valence-electron chi connectivity index (χ1n) is 9.93. The molecule has 0 saturated carbocycles. The van der Waals surface area contributed by atoms with Crippen molar-refractivity contribution in [3.63, 3.8) is 0 Å². The first kappa shape index (κ1) is 20.4. The van der Waals surface area contributed by atoms with E-state index in [0.717, 1.165) is 13.0 Å². The maximum absolute atomic E-state index is 5.97. The zero-order chi connectivity index (χ0) is 16.8. The van der Waals surface area contributed by atoms with Crippen LogP contribution in [0.25, 0.3) is 0 Å². The van der Waals surface area contributed by atoms with Crippen LogP contribution in [0.15, 0.2) is 17.1 Å². The molecule has 3 nitrogen and oxygen atoms in total. The summed E-state index contributed by atoms with van der Waals surface area (Å²) in [5, 5.41) is 0. The summed E-state index contributed by atoms with van der Waals surface area (Å²) in [7, 11) is 0. The van der Waals surface area contributed by atoms with Gasteiger partial charge in [-0.05, 0) is 45.4 Å². The Kier molecular flexibility index (Phi) is 12.2. The maximum Gasteiger partial charge on any atom is 0.103 e. The predicted molar refractivity (Wildman–Crippen MR) is 103 cm³/mol. The van der Waals surface area contributed by atoms with Crippen molar-refractivity contribution in [1.82, 2.24) is 4.90 Å². The molecule has 0 aromatic heterocycles. The molecule has 0 spiro atoms. The average Bonchev–Trinajstić information content (AvgIpc) is 3.00. The summed E-state index contributed by atoms with van der Waals surface area (Å²) in [5.41, 5.74) is 5.97. The predicted octanol–water partition coefficient (Wildman–Crippen LogP) is 5.26. The molecule has 3 heteroatoms. The van der Waals surface area contributed by atoms with Crippen molar-refractivity contribution in [2.45, 2.75) is 103 Å². The zero-order valence-electron chi connectivity index (χ0n) is 15.6. The van der Waals surface area contributed by atoms with Crippen LogP contribution < -0.4 is 5.73 Å². The molecule has 1 aliphatic heterocycles. The van der Waals surface area contributed by atoms with Crippen molar-refractivity contribution in [1.29, 1.82) is 0 Å². The molecule has 0 radical (unpaired) electrons. The van der Waals surface area contributed by atoms with Crippen molar-refractivity contribution in [2.75, 3.05) is 6.54 Å². The van der Waals surface area contributed by atoms with Gasteiger partial charge in [0.25, 0.3) is 0 Å². The Labute approximate surface area is 144 Å². The minimum atomic E-state index is 0.122. The molecule has 2 atom stereocenters. The Morgan fingerprint density at radius 3 is 2.30 bits per heavy atom. The number of hydrogen-bond acceptors (Lipinski definition) is 3. The van der Waals surface area contributed by atoms with Gasteiger partial charge < -0.3 is 5.73 Å². The first-order valence-corrected chi connectivity index (χ1v) is 9.93. The SMILES string of the molecule is CCCCCC/C=C/CCCCCCCC1N=CCN1C(C)N. The van der Waals surface area contributed by atoms with Gasteiger partial charge in [-0.1, -0.05) is 57.6 Å². The summed E-state index contributed by atoms with van der Waals surface area (Å²) < 4.78 is 0. The minimum absolute atomic E-state index is 0.122. The lowest BCUT2D eigenvalue weighted by molar-refractivity contribution is 0.182. The second kappa shape index (κ2) is 13.7. The molecule has 2 unspecified atom stereocenters. The summed E-state index contributed by atoms with van der Waals surface area (Å²) in [6.07, 6.45) is 23.1. The molecule has 134 valence electrons. The minimum Gasteiger partial charge on any atom is -0.316 e. The van der Waals surface area contributed by atoms with E-state index < -0.39 is 0 Å². The van der Waals surface area contributed by atoms with E-state index in [9.17, 15) is 0 Å². The Bertz CT molecular complexity index is 323. The summed E-state index contributed by atoms with van der Waals surface area (Å²) in [6.45, 7) is 5.25. The Balaban J connectivity index is 1.86. The number of unbranched alkanes of at least 4 members (excludes halogenated alkanes) is 9.